The number of hydrogen-bond donors (Lipinski definition) is 2. The summed E-state index contributed by atoms with van der Waals surface area (Å²) < 4.78 is 0. The van der Waals surface area contributed by atoms with Gasteiger partial charge < -0.3 is 15.3 Å². The van der Waals surface area contributed by atoms with Crippen LogP contribution in [0.4, 0.5) is 5.69 Å². The number of benzene rings is 1. The summed E-state index contributed by atoms with van der Waals surface area (Å²) >= 11 is 0. The van der Waals surface area contributed by atoms with Gasteiger partial charge in [-0.2, -0.15) is 0 Å². The van der Waals surface area contributed by atoms with Crippen molar-refractivity contribution < 1.29 is 14.7 Å². The molecule has 138 valence electrons. The molecule has 1 aromatic carbocycles. The van der Waals surface area contributed by atoms with Crippen molar-refractivity contribution in [3.05, 3.63) is 29.8 Å². The molecule has 0 saturated heterocycles. The molecular formula is C20H30N2O3. The molecule has 0 heterocycles. The minimum Gasteiger partial charge on any atom is -0.389 e. The fourth-order valence-corrected chi connectivity index (χ4v) is 3.45. The number of rotatable bonds is 8. The van der Waals surface area contributed by atoms with Crippen molar-refractivity contribution in [1.82, 2.24) is 4.90 Å². The maximum Gasteiger partial charge on any atom is 0.253 e. The summed E-state index contributed by atoms with van der Waals surface area (Å²) in [5.74, 6) is -0.149. The third-order valence-electron chi connectivity index (χ3n) is 4.71. The van der Waals surface area contributed by atoms with Gasteiger partial charge in [-0.15, -0.1) is 0 Å². The van der Waals surface area contributed by atoms with Gasteiger partial charge in [-0.25, -0.2) is 0 Å². The molecule has 1 aromatic rings. The highest BCUT2D eigenvalue weighted by Gasteiger charge is 2.33. The van der Waals surface area contributed by atoms with Crippen LogP contribution in [0.15, 0.2) is 24.3 Å². The van der Waals surface area contributed by atoms with Gasteiger partial charge in [-0.3, -0.25) is 9.59 Å². The first-order chi connectivity index (χ1) is 12.0. The van der Waals surface area contributed by atoms with Crippen LogP contribution in [0.2, 0.25) is 0 Å². The lowest BCUT2D eigenvalue weighted by Crippen LogP contribution is -2.32. The van der Waals surface area contributed by atoms with Crippen molar-refractivity contribution in [3.63, 3.8) is 0 Å². The zero-order valence-electron chi connectivity index (χ0n) is 15.4. The molecule has 25 heavy (non-hydrogen) atoms. The molecule has 1 fully saturated rings. The molecule has 0 atom stereocenters. The lowest BCUT2D eigenvalue weighted by atomic mass is 9.97. The third kappa shape index (κ3) is 5.56. The molecule has 0 unspecified atom stereocenters. The van der Waals surface area contributed by atoms with Crippen LogP contribution in [-0.4, -0.2) is 40.5 Å². The molecule has 5 heteroatoms. The van der Waals surface area contributed by atoms with E-state index in [2.05, 4.69) is 19.2 Å². The van der Waals surface area contributed by atoms with Crippen LogP contribution in [-0.2, 0) is 4.79 Å². The van der Waals surface area contributed by atoms with E-state index in [1.165, 1.54) is 0 Å². The molecule has 1 aliphatic rings. The largest absolute Gasteiger partial charge is 0.389 e. The predicted molar refractivity (Wildman–Crippen MR) is 99.6 cm³/mol. The van der Waals surface area contributed by atoms with Crippen LogP contribution in [0.5, 0.6) is 0 Å². The van der Waals surface area contributed by atoms with Crippen molar-refractivity contribution in [2.75, 3.05) is 18.4 Å². The fraction of sp³-hybridized carbons (Fsp3) is 0.600. The van der Waals surface area contributed by atoms with Gasteiger partial charge in [0.05, 0.1) is 12.0 Å². The second-order valence-electron chi connectivity index (χ2n) is 7.03. The van der Waals surface area contributed by atoms with Gasteiger partial charge in [-0.1, -0.05) is 26.7 Å². The summed E-state index contributed by atoms with van der Waals surface area (Å²) in [6.07, 6.45) is 5.34. The van der Waals surface area contributed by atoms with Crippen molar-refractivity contribution >= 4 is 17.5 Å². The van der Waals surface area contributed by atoms with Gasteiger partial charge in [0.25, 0.3) is 5.91 Å². The number of carbonyl (C=O) groups excluding carboxylic acids is 2. The Morgan fingerprint density at radius 1 is 1.08 bits per heavy atom. The number of anilines is 1. The lowest BCUT2D eigenvalue weighted by molar-refractivity contribution is -0.120. The molecule has 0 bridgehead atoms. The maximum absolute atomic E-state index is 12.5. The topological polar surface area (TPSA) is 69.6 Å². The number of hydrogen-bond acceptors (Lipinski definition) is 3. The van der Waals surface area contributed by atoms with Crippen molar-refractivity contribution in [1.29, 1.82) is 0 Å². The zero-order chi connectivity index (χ0) is 18.3. The normalized spacial score (nSPS) is 15.8. The molecular weight excluding hydrogens is 316 g/mol. The number of amides is 2. The highest BCUT2D eigenvalue weighted by Crippen LogP contribution is 2.32. The molecule has 1 aliphatic carbocycles. The van der Waals surface area contributed by atoms with E-state index in [9.17, 15) is 14.7 Å². The Morgan fingerprint density at radius 3 is 2.16 bits per heavy atom. The molecule has 2 amide bonds. The van der Waals surface area contributed by atoms with Crippen LogP contribution in [0.3, 0.4) is 0 Å². The van der Waals surface area contributed by atoms with Crippen LogP contribution >= 0.6 is 0 Å². The van der Waals surface area contributed by atoms with Gasteiger partial charge in [0.15, 0.2) is 0 Å². The quantitative estimate of drug-likeness (QED) is 0.756. The Labute approximate surface area is 150 Å². The number of aliphatic hydroxyl groups is 1. The minimum atomic E-state index is -0.846. The first kappa shape index (κ1) is 19.4. The third-order valence-corrected chi connectivity index (χ3v) is 4.71. The molecule has 0 radical (unpaired) electrons. The van der Waals surface area contributed by atoms with Crippen LogP contribution in [0, 0.1) is 0 Å². The average molecular weight is 346 g/mol. The van der Waals surface area contributed by atoms with Gasteiger partial charge in [0.2, 0.25) is 5.91 Å². The molecule has 1 saturated carbocycles. The first-order valence-corrected chi connectivity index (χ1v) is 9.39. The molecule has 2 rings (SSSR count). The SMILES string of the molecule is CCCN(CCC)C(=O)c1ccc(NC(=O)CC2(O)CCCC2)cc1. The molecule has 5 nitrogen and oxygen atoms in total. The molecule has 0 aliphatic heterocycles. The standard InChI is InChI=1S/C20H30N2O3/c1-3-13-22(14-4-2)19(24)16-7-9-17(10-8-16)21-18(23)15-20(25)11-5-6-12-20/h7-10,25H,3-6,11-15H2,1-2H3,(H,21,23). The van der Waals surface area contributed by atoms with Gasteiger partial charge in [0, 0.05) is 24.3 Å². The second kappa shape index (κ2) is 8.99. The van der Waals surface area contributed by atoms with E-state index in [-0.39, 0.29) is 18.2 Å². The zero-order valence-corrected chi connectivity index (χ0v) is 15.4. The monoisotopic (exact) mass is 346 g/mol. The first-order valence-electron chi connectivity index (χ1n) is 9.39. The minimum absolute atomic E-state index is 0.0295. The van der Waals surface area contributed by atoms with Gasteiger partial charge in [0.1, 0.15) is 0 Å². The van der Waals surface area contributed by atoms with E-state index < -0.39 is 5.60 Å². The summed E-state index contributed by atoms with van der Waals surface area (Å²) in [6.45, 7) is 5.63. The highest BCUT2D eigenvalue weighted by molar-refractivity contribution is 5.96. The Kier molecular flexibility index (Phi) is 7.00. The van der Waals surface area contributed by atoms with Crippen LogP contribution in [0.25, 0.3) is 0 Å². The summed E-state index contributed by atoms with van der Waals surface area (Å²) in [4.78, 5) is 26.5. The maximum atomic E-state index is 12.5. The summed E-state index contributed by atoms with van der Waals surface area (Å²) in [5.41, 5.74) is 0.441. The summed E-state index contributed by atoms with van der Waals surface area (Å²) in [6, 6.07) is 7.00. The smallest absolute Gasteiger partial charge is 0.253 e. The summed E-state index contributed by atoms with van der Waals surface area (Å²) in [7, 11) is 0. The lowest BCUT2D eigenvalue weighted by Gasteiger charge is -2.22. The van der Waals surface area contributed by atoms with Gasteiger partial charge in [-0.05, 0) is 49.9 Å². The van der Waals surface area contributed by atoms with Crippen LogP contribution in [0.1, 0.15) is 69.2 Å². The highest BCUT2D eigenvalue weighted by atomic mass is 16.3. The molecule has 0 spiro atoms. The Hall–Kier alpha value is -1.88. The number of carbonyl (C=O) groups is 2. The van der Waals surface area contributed by atoms with Crippen molar-refractivity contribution in [2.45, 2.75) is 64.4 Å². The predicted octanol–water partition coefficient (Wildman–Crippen LogP) is 3.58. The van der Waals surface area contributed by atoms with Crippen molar-refractivity contribution in [2.24, 2.45) is 0 Å². The van der Waals surface area contributed by atoms with E-state index >= 15 is 0 Å². The van der Waals surface area contributed by atoms with Crippen molar-refractivity contribution in [3.8, 4) is 0 Å². The second-order valence-corrected chi connectivity index (χ2v) is 7.03. The Morgan fingerprint density at radius 2 is 1.64 bits per heavy atom. The number of nitrogens with one attached hydrogen (secondary N) is 1. The van der Waals surface area contributed by atoms with E-state index in [0.717, 1.165) is 38.8 Å². The number of nitrogens with zero attached hydrogens (tertiary/aromatic N) is 1. The Balaban J connectivity index is 1.94. The van der Waals surface area contributed by atoms with Crippen LogP contribution < -0.4 is 5.32 Å². The molecule has 0 aromatic heterocycles. The summed E-state index contributed by atoms with van der Waals surface area (Å²) in [5, 5.41) is 13.1. The van der Waals surface area contributed by atoms with E-state index in [0.29, 0.717) is 24.1 Å². The van der Waals surface area contributed by atoms with E-state index in [1.807, 2.05) is 4.90 Å². The van der Waals surface area contributed by atoms with E-state index in [1.54, 1.807) is 24.3 Å². The fourth-order valence-electron chi connectivity index (χ4n) is 3.45. The average Bonchev–Trinajstić information content (AvgIpc) is 3.00. The molecule has 2 N–H and O–H groups in total. The van der Waals surface area contributed by atoms with Gasteiger partial charge >= 0.3 is 0 Å². The van der Waals surface area contributed by atoms with E-state index in [4.69, 9.17) is 0 Å². The Bertz CT molecular complexity index is 571.